The third kappa shape index (κ3) is 3.10. The normalized spacial score (nSPS) is 10.7. The number of nitrogens with zero attached hydrogens (tertiary/aromatic N) is 1. The lowest BCUT2D eigenvalue weighted by Crippen LogP contribution is -2.14. The second-order valence-corrected chi connectivity index (χ2v) is 5.38. The van der Waals surface area contributed by atoms with Crippen molar-refractivity contribution in [2.75, 3.05) is 7.11 Å². The largest absolute Gasteiger partial charge is 0.378 e. The highest BCUT2D eigenvalue weighted by atomic mass is 79.9. The zero-order chi connectivity index (χ0) is 14.0. The average Bonchev–Trinajstić information content (AvgIpc) is 2.35. The van der Waals surface area contributed by atoms with Crippen LogP contribution in [0.25, 0.3) is 11.4 Å². The van der Waals surface area contributed by atoms with Crippen LogP contribution in [0.4, 0.5) is 4.39 Å². The Morgan fingerprint density at radius 2 is 2.16 bits per heavy atom. The number of H-pyrrole nitrogens is 1. The fraction of sp³-hybridized carbons (Fsp3) is 0.167. The summed E-state index contributed by atoms with van der Waals surface area (Å²) in [5.74, 6) is -0.0145. The van der Waals surface area contributed by atoms with Crippen molar-refractivity contribution < 1.29 is 9.13 Å². The number of hydrogen-bond donors (Lipinski definition) is 1. The van der Waals surface area contributed by atoms with Gasteiger partial charge in [-0.25, -0.2) is 9.37 Å². The topological polar surface area (TPSA) is 55.0 Å². The van der Waals surface area contributed by atoms with Crippen molar-refractivity contribution in [2.24, 2.45) is 0 Å². The molecule has 0 unspecified atom stereocenters. The van der Waals surface area contributed by atoms with Gasteiger partial charge in [0.05, 0.1) is 12.3 Å². The Hall–Kier alpha value is -1.05. The van der Waals surface area contributed by atoms with Gasteiger partial charge in [-0.15, -0.1) is 0 Å². The molecule has 1 aromatic heterocycles. The quantitative estimate of drug-likeness (QED) is 0.873. The lowest BCUT2D eigenvalue weighted by Gasteiger charge is -2.07. The van der Waals surface area contributed by atoms with Crippen LogP contribution in [0.1, 0.15) is 5.69 Å². The summed E-state index contributed by atoms with van der Waals surface area (Å²) in [4.78, 5) is 18.7. The van der Waals surface area contributed by atoms with Crippen molar-refractivity contribution in [1.29, 1.82) is 0 Å². The predicted molar refractivity (Wildman–Crippen MR) is 76.4 cm³/mol. The molecule has 7 heteroatoms. The first-order valence-corrected chi connectivity index (χ1v) is 6.84. The van der Waals surface area contributed by atoms with Crippen molar-refractivity contribution in [1.82, 2.24) is 9.97 Å². The summed E-state index contributed by atoms with van der Waals surface area (Å²) in [6, 6.07) is 4.16. The van der Waals surface area contributed by atoms with Gasteiger partial charge in [0.1, 0.15) is 16.1 Å². The molecule has 2 aromatic rings. The van der Waals surface area contributed by atoms with Crippen LogP contribution in [0, 0.1) is 5.82 Å². The molecule has 0 aliphatic carbocycles. The molecule has 0 saturated heterocycles. The van der Waals surface area contributed by atoms with Crippen LogP contribution in [-0.4, -0.2) is 17.1 Å². The number of methoxy groups -OCH3 is 1. The number of aromatic nitrogens is 2. The van der Waals surface area contributed by atoms with E-state index in [0.29, 0.717) is 26.0 Å². The van der Waals surface area contributed by atoms with E-state index in [1.165, 1.54) is 19.2 Å². The summed E-state index contributed by atoms with van der Waals surface area (Å²) < 4.78 is 18.9. The molecule has 0 bridgehead atoms. The summed E-state index contributed by atoms with van der Waals surface area (Å²) in [5, 5.41) is 0. The maximum atomic E-state index is 13.1. The molecule has 2 rings (SSSR count). The van der Waals surface area contributed by atoms with E-state index >= 15 is 0 Å². The SMILES string of the molecule is COCc1nc(-c2ccc(F)cc2Br)[nH]c(=O)c1Br. The minimum Gasteiger partial charge on any atom is -0.378 e. The van der Waals surface area contributed by atoms with E-state index in [4.69, 9.17) is 4.74 Å². The molecule has 100 valence electrons. The second kappa shape index (κ2) is 5.94. The van der Waals surface area contributed by atoms with E-state index in [-0.39, 0.29) is 18.0 Å². The Labute approximate surface area is 125 Å². The molecule has 0 atom stereocenters. The Bertz CT molecular complexity index is 673. The third-order valence-corrected chi connectivity index (χ3v) is 3.87. The van der Waals surface area contributed by atoms with Gasteiger partial charge in [-0.3, -0.25) is 4.79 Å². The standard InChI is InChI=1S/C12H9Br2FN2O2/c1-19-5-9-10(14)12(18)17-11(16-9)7-3-2-6(15)4-8(7)13/h2-4H,5H2,1H3,(H,16,17,18). The van der Waals surface area contributed by atoms with Crippen molar-refractivity contribution >= 4 is 31.9 Å². The average molecular weight is 392 g/mol. The lowest BCUT2D eigenvalue weighted by molar-refractivity contribution is 0.180. The van der Waals surface area contributed by atoms with Gasteiger partial charge in [0.2, 0.25) is 0 Å². The van der Waals surface area contributed by atoms with Crippen LogP contribution in [0.5, 0.6) is 0 Å². The Morgan fingerprint density at radius 3 is 2.79 bits per heavy atom. The molecule has 0 spiro atoms. The van der Waals surface area contributed by atoms with Crippen LogP contribution in [0.3, 0.4) is 0 Å². The Kier molecular flexibility index (Phi) is 4.49. The van der Waals surface area contributed by atoms with Gasteiger partial charge in [0.25, 0.3) is 5.56 Å². The maximum absolute atomic E-state index is 13.1. The molecule has 0 fully saturated rings. The van der Waals surface area contributed by atoms with Gasteiger partial charge in [-0.1, -0.05) is 0 Å². The highest BCUT2D eigenvalue weighted by molar-refractivity contribution is 9.10. The molecule has 0 saturated carbocycles. The number of hydrogen-bond acceptors (Lipinski definition) is 3. The van der Waals surface area contributed by atoms with Crippen molar-refractivity contribution in [2.45, 2.75) is 6.61 Å². The third-order valence-electron chi connectivity index (χ3n) is 2.40. The number of halogens is 3. The molecule has 0 aliphatic rings. The van der Waals surface area contributed by atoms with E-state index < -0.39 is 0 Å². The summed E-state index contributed by atoms with van der Waals surface area (Å²) >= 11 is 6.41. The van der Waals surface area contributed by atoms with Crippen LogP contribution in [0.15, 0.2) is 31.9 Å². The van der Waals surface area contributed by atoms with E-state index in [9.17, 15) is 9.18 Å². The summed E-state index contributed by atoms with van der Waals surface area (Å²) in [5.41, 5.74) is 0.772. The second-order valence-electron chi connectivity index (χ2n) is 3.73. The van der Waals surface area contributed by atoms with E-state index in [0.717, 1.165) is 0 Å². The Balaban J connectivity index is 2.59. The molecule has 0 aliphatic heterocycles. The summed E-state index contributed by atoms with van der Waals surface area (Å²) in [7, 11) is 1.52. The van der Waals surface area contributed by atoms with Gasteiger partial charge in [0.15, 0.2) is 0 Å². The van der Waals surface area contributed by atoms with Crippen LogP contribution >= 0.6 is 31.9 Å². The first-order valence-electron chi connectivity index (χ1n) is 5.26. The molecule has 4 nitrogen and oxygen atoms in total. The molecule has 1 aromatic carbocycles. The number of ether oxygens (including phenoxy) is 1. The summed E-state index contributed by atoms with van der Waals surface area (Å²) in [6.07, 6.45) is 0. The fourth-order valence-corrected chi connectivity index (χ4v) is 2.39. The van der Waals surface area contributed by atoms with E-state index in [1.54, 1.807) is 6.07 Å². The first kappa shape index (κ1) is 14.4. The van der Waals surface area contributed by atoms with Gasteiger partial charge in [-0.2, -0.15) is 0 Å². The van der Waals surface area contributed by atoms with Crippen LogP contribution in [-0.2, 0) is 11.3 Å². The van der Waals surface area contributed by atoms with Gasteiger partial charge < -0.3 is 9.72 Å². The maximum Gasteiger partial charge on any atom is 0.265 e. The van der Waals surface area contributed by atoms with Gasteiger partial charge in [0, 0.05) is 17.1 Å². The molecule has 1 N–H and O–H groups in total. The van der Waals surface area contributed by atoms with Crippen molar-refractivity contribution in [3.05, 3.63) is 49.0 Å². The highest BCUT2D eigenvalue weighted by Crippen LogP contribution is 2.26. The number of rotatable bonds is 3. The zero-order valence-corrected chi connectivity index (χ0v) is 13.0. The highest BCUT2D eigenvalue weighted by Gasteiger charge is 2.12. The number of aromatic amines is 1. The van der Waals surface area contributed by atoms with E-state index in [2.05, 4.69) is 41.8 Å². The molecule has 0 amide bonds. The van der Waals surface area contributed by atoms with Crippen molar-refractivity contribution in [3.8, 4) is 11.4 Å². The van der Waals surface area contributed by atoms with E-state index in [1.807, 2.05) is 0 Å². The lowest BCUT2D eigenvalue weighted by atomic mass is 10.2. The van der Waals surface area contributed by atoms with Crippen molar-refractivity contribution in [3.63, 3.8) is 0 Å². The minimum atomic E-state index is -0.368. The number of nitrogens with one attached hydrogen (secondary N) is 1. The molecule has 1 heterocycles. The summed E-state index contributed by atoms with van der Waals surface area (Å²) in [6.45, 7) is 0.205. The smallest absolute Gasteiger partial charge is 0.265 e. The fourth-order valence-electron chi connectivity index (χ4n) is 1.55. The number of benzene rings is 1. The van der Waals surface area contributed by atoms with Crippen LogP contribution < -0.4 is 5.56 Å². The van der Waals surface area contributed by atoms with Crippen LogP contribution in [0.2, 0.25) is 0 Å². The Morgan fingerprint density at radius 1 is 1.42 bits per heavy atom. The molecular formula is C12H9Br2FN2O2. The predicted octanol–water partition coefficient (Wildman–Crippen LogP) is 3.25. The minimum absolute atomic E-state index is 0.205. The molecule has 19 heavy (non-hydrogen) atoms. The molecule has 0 radical (unpaired) electrons. The monoisotopic (exact) mass is 390 g/mol. The first-order chi connectivity index (χ1) is 9.02. The zero-order valence-electron chi connectivity index (χ0n) is 9.84. The van der Waals surface area contributed by atoms with Gasteiger partial charge >= 0.3 is 0 Å². The molecular weight excluding hydrogens is 383 g/mol. The van der Waals surface area contributed by atoms with Gasteiger partial charge in [-0.05, 0) is 50.1 Å².